The third kappa shape index (κ3) is 6.54. The van der Waals surface area contributed by atoms with E-state index in [-0.39, 0.29) is 41.6 Å². The van der Waals surface area contributed by atoms with Crippen LogP contribution in [0.15, 0.2) is 77.7 Å². The molecule has 0 radical (unpaired) electrons. The van der Waals surface area contributed by atoms with Crippen molar-refractivity contribution in [2.24, 2.45) is 0 Å². The SMILES string of the molecule is CCn1c(COCc2ccccc2)nn(-c2cc(O[C@@H](C)C(F)(F)F)c3c(Oc4cc(C)ccc4F)nccc3c2)c1=O. The molecule has 0 fully saturated rings. The van der Waals surface area contributed by atoms with Crippen LogP contribution in [0, 0.1) is 12.7 Å². The van der Waals surface area contributed by atoms with Gasteiger partial charge in [-0.15, -0.1) is 5.10 Å². The number of fused-ring (bicyclic) bond motifs is 1. The van der Waals surface area contributed by atoms with E-state index in [9.17, 15) is 22.4 Å². The Balaban J connectivity index is 1.58. The maximum absolute atomic E-state index is 14.5. The first-order valence-electron chi connectivity index (χ1n) is 13.5. The zero-order valence-corrected chi connectivity index (χ0v) is 23.6. The van der Waals surface area contributed by atoms with Gasteiger partial charge in [-0.3, -0.25) is 4.57 Å². The lowest BCUT2D eigenvalue weighted by molar-refractivity contribution is -0.189. The topological polar surface area (TPSA) is 80.4 Å². The van der Waals surface area contributed by atoms with Crippen LogP contribution in [-0.4, -0.2) is 31.6 Å². The van der Waals surface area contributed by atoms with Gasteiger partial charge in [0.05, 0.1) is 17.7 Å². The zero-order chi connectivity index (χ0) is 30.7. The van der Waals surface area contributed by atoms with Crippen molar-refractivity contribution in [3.05, 3.63) is 106 Å². The maximum Gasteiger partial charge on any atom is 0.425 e. The molecule has 2 aromatic heterocycles. The normalized spacial score (nSPS) is 12.4. The van der Waals surface area contributed by atoms with Crippen molar-refractivity contribution in [3.8, 4) is 23.1 Å². The fraction of sp³-hybridized carbons (Fsp3) is 0.258. The molecule has 5 rings (SSSR count). The Morgan fingerprint density at radius 2 is 1.74 bits per heavy atom. The Kier molecular flexibility index (Phi) is 8.49. The van der Waals surface area contributed by atoms with Gasteiger partial charge < -0.3 is 14.2 Å². The first kappa shape index (κ1) is 29.8. The van der Waals surface area contributed by atoms with E-state index in [4.69, 9.17) is 14.2 Å². The van der Waals surface area contributed by atoms with Crippen LogP contribution < -0.4 is 15.2 Å². The van der Waals surface area contributed by atoms with Crippen LogP contribution in [0.5, 0.6) is 17.4 Å². The minimum absolute atomic E-state index is 0.0248. The summed E-state index contributed by atoms with van der Waals surface area (Å²) in [5, 5.41) is 4.84. The van der Waals surface area contributed by atoms with Gasteiger partial charge in [-0.25, -0.2) is 14.2 Å². The second-order valence-corrected chi connectivity index (χ2v) is 9.83. The lowest BCUT2D eigenvalue weighted by Crippen LogP contribution is -2.31. The van der Waals surface area contributed by atoms with Crippen LogP contribution in [0.25, 0.3) is 16.5 Å². The third-order valence-electron chi connectivity index (χ3n) is 6.68. The average molecular weight is 597 g/mol. The number of aryl methyl sites for hydroxylation is 1. The molecule has 12 heteroatoms. The summed E-state index contributed by atoms with van der Waals surface area (Å²) in [5.41, 5.74) is 1.29. The van der Waals surface area contributed by atoms with Crippen LogP contribution in [0.4, 0.5) is 17.6 Å². The fourth-order valence-corrected chi connectivity index (χ4v) is 4.44. The number of ether oxygens (including phenoxy) is 3. The molecule has 1 atom stereocenters. The van der Waals surface area contributed by atoms with Crippen LogP contribution in [0.3, 0.4) is 0 Å². The number of aromatic nitrogens is 4. The summed E-state index contributed by atoms with van der Waals surface area (Å²) in [7, 11) is 0. The van der Waals surface area contributed by atoms with Gasteiger partial charge in [0.2, 0.25) is 5.88 Å². The molecule has 0 amide bonds. The fourth-order valence-electron chi connectivity index (χ4n) is 4.44. The molecule has 0 unspecified atom stereocenters. The highest BCUT2D eigenvalue weighted by atomic mass is 19.4. The average Bonchev–Trinajstić information content (AvgIpc) is 3.29. The molecule has 0 aliphatic heterocycles. The molecular formula is C31H28F4N4O4. The van der Waals surface area contributed by atoms with E-state index in [2.05, 4.69) is 10.1 Å². The van der Waals surface area contributed by atoms with Gasteiger partial charge in [0, 0.05) is 18.8 Å². The van der Waals surface area contributed by atoms with E-state index in [1.54, 1.807) is 26.0 Å². The largest absolute Gasteiger partial charge is 0.480 e. The van der Waals surface area contributed by atoms with Gasteiger partial charge in [-0.05, 0) is 61.5 Å². The summed E-state index contributed by atoms with van der Waals surface area (Å²) in [6, 6.07) is 18.0. The summed E-state index contributed by atoms with van der Waals surface area (Å²) in [6.07, 6.45) is -5.55. The van der Waals surface area contributed by atoms with Crippen LogP contribution in [-0.2, 0) is 24.5 Å². The van der Waals surface area contributed by atoms with E-state index in [1.165, 1.54) is 35.0 Å². The van der Waals surface area contributed by atoms with Crippen molar-refractivity contribution in [1.82, 2.24) is 19.3 Å². The number of benzene rings is 3. The second-order valence-electron chi connectivity index (χ2n) is 9.83. The van der Waals surface area contributed by atoms with Crippen molar-refractivity contribution >= 4 is 10.8 Å². The van der Waals surface area contributed by atoms with E-state index in [0.717, 1.165) is 17.2 Å². The highest BCUT2D eigenvalue weighted by Crippen LogP contribution is 2.39. The van der Waals surface area contributed by atoms with E-state index in [1.807, 2.05) is 30.3 Å². The molecule has 0 N–H and O–H groups in total. The first-order valence-corrected chi connectivity index (χ1v) is 13.5. The van der Waals surface area contributed by atoms with Crippen molar-refractivity contribution in [2.45, 2.75) is 52.8 Å². The van der Waals surface area contributed by atoms with E-state index < -0.39 is 23.8 Å². The number of pyridine rings is 1. The summed E-state index contributed by atoms with van der Waals surface area (Å²) in [4.78, 5) is 17.5. The lowest BCUT2D eigenvalue weighted by Gasteiger charge is -2.20. The lowest BCUT2D eigenvalue weighted by atomic mass is 10.1. The number of alkyl halides is 3. The van der Waals surface area contributed by atoms with Gasteiger partial charge in [0.25, 0.3) is 0 Å². The maximum atomic E-state index is 14.5. The Labute approximate surface area is 244 Å². The predicted molar refractivity (Wildman–Crippen MR) is 151 cm³/mol. The molecule has 0 aliphatic carbocycles. The molecule has 0 spiro atoms. The van der Waals surface area contributed by atoms with Crippen LogP contribution in [0.1, 0.15) is 30.8 Å². The minimum atomic E-state index is -4.70. The highest BCUT2D eigenvalue weighted by molar-refractivity contribution is 5.94. The Morgan fingerprint density at radius 3 is 2.47 bits per heavy atom. The molecule has 2 heterocycles. The number of hydrogen-bond acceptors (Lipinski definition) is 6. The molecule has 0 saturated carbocycles. The van der Waals surface area contributed by atoms with Crippen molar-refractivity contribution < 1.29 is 31.8 Å². The van der Waals surface area contributed by atoms with Crippen molar-refractivity contribution in [3.63, 3.8) is 0 Å². The summed E-state index contributed by atoms with van der Waals surface area (Å²) in [5.74, 6) is -0.932. The Hall–Kier alpha value is -4.71. The number of rotatable bonds is 10. The van der Waals surface area contributed by atoms with Gasteiger partial charge in [-0.1, -0.05) is 36.4 Å². The standard InChI is InChI=1S/C31H28F4N4O4/c1-4-38-27(18-41-17-21-8-6-5-7-9-21)37-39(30(38)40)23-15-22-12-13-36-29(43-25-14-19(2)10-11-24(25)32)28(22)26(16-23)42-20(3)31(33,34)35/h5-16,20H,4,17-18H2,1-3H3/t20-/m0/s1. The summed E-state index contributed by atoms with van der Waals surface area (Å²) in [6.45, 7) is 4.98. The van der Waals surface area contributed by atoms with Gasteiger partial charge in [0.15, 0.2) is 23.5 Å². The van der Waals surface area contributed by atoms with E-state index >= 15 is 0 Å². The smallest absolute Gasteiger partial charge is 0.425 e. The molecule has 224 valence electrons. The third-order valence-corrected chi connectivity index (χ3v) is 6.68. The monoisotopic (exact) mass is 596 g/mol. The summed E-state index contributed by atoms with van der Waals surface area (Å²) < 4.78 is 74.7. The van der Waals surface area contributed by atoms with Crippen LogP contribution >= 0.6 is 0 Å². The number of nitrogens with zero attached hydrogens (tertiary/aromatic N) is 4. The van der Waals surface area contributed by atoms with Crippen molar-refractivity contribution in [1.29, 1.82) is 0 Å². The Morgan fingerprint density at radius 1 is 0.977 bits per heavy atom. The highest BCUT2D eigenvalue weighted by Gasteiger charge is 2.38. The minimum Gasteiger partial charge on any atom is -0.480 e. The van der Waals surface area contributed by atoms with Crippen LogP contribution in [0.2, 0.25) is 0 Å². The van der Waals surface area contributed by atoms with E-state index in [0.29, 0.717) is 23.4 Å². The summed E-state index contributed by atoms with van der Waals surface area (Å²) >= 11 is 0. The quantitative estimate of drug-likeness (QED) is 0.164. The van der Waals surface area contributed by atoms with Gasteiger partial charge in [0.1, 0.15) is 12.4 Å². The molecule has 5 aromatic rings. The number of hydrogen-bond donors (Lipinski definition) is 0. The first-order chi connectivity index (χ1) is 20.5. The molecule has 8 nitrogen and oxygen atoms in total. The molecular weight excluding hydrogens is 568 g/mol. The molecule has 0 aliphatic rings. The molecule has 0 saturated heterocycles. The molecule has 43 heavy (non-hydrogen) atoms. The van der Waals surface area contributed by atoms with Gasteiger partial charge >= 0.3 is 11.9 Å². The molecule has 3 aromatic carbocycles. The number of halogens is 4. The zero-order valence-electron chi connectivity index (χ0n) is 23.6. The predicted octanol–water partition coefficient (Wildman–Crippen LogP) is 6.89. The second kappa shape index (κ2) is 12.3. The molecule has 0 bridgehead atoms. The van der Waals surface area contributed by atoms with Gasteiger partial charge in [-0.2, -0.15) is 17.9 Å². The Bertz CT molecular complexity index is 1800. The van der Waals surface area contributed by atoms with Crippen molar-refractivity contribution in [2.75, 3.05) is 0 Å².